The van der Waals surface area contributed by atoms with Crippen LogP contribution in [0.4, 0.5) is 0 Å². The van der Waals surface area contributed by atoms with Crippen LogP contribution in [0, 0.1) is 5.92 Å². The van der Waals surface area contributed by atoms with Crippen LogP contribution < -0.4 is 5.32 Å². The van der Waals surface area contributed by atoms with Crippen LogP contribution in [0.5, 0.6) is 0 Å². The normalized spacial score (nSPS) is 18.4. The molecule has 1 aromatic rings. The Morgan fingerprint density at radius 2 is 2.29 bits per heavy atom. The van der Waals surface area contributed by atoms with Crippen LogP contribution >= 0.6 is 11.3 Å². The van der Waals surface area contributed by atoms with Crippen LogP contribution in [-0.2, 0) is 4.79 Å². The van der Waals surface area contributed by atoms with Gasteiger partial charge in [0.05, 0.1) is 12.5 Å². The number of aliphatic carboxylic acids is 1. The van der Waals surface area contributed by atoms with Gasteiger partial charge in [-0.15, -0.1) is 11.3 Å². The Kier molecular flexibility index (Phi) is 4.57. The Labute approximate surface area is 106 Å². The van der Waals surface area contributed by atoms with Crippen LogP contribution in [0.25, 0.3) is 0 Å². The topological polar surface area (TPSA) is 49.3 Å². The van der Waals surface area contributed by atoms with Crippen molar-refractivity contribution in [3.8, 4) is 0 Å². The Morgan fingerprint density at radius 1 is 1.53 bits per heavy atom. The average Bonchev–Trinajstić information content (AvgIpc) is 2.96. The number of carbonyl (C=O) groups is 1. The van der Waals surface area contributed by atoms with Gasteiger partial charge in [0.1, 0.15) is 0 Å². The lowest BCUT2D eigenvalue weighted by atomic mass is 10.1. The van der Waals surface area contributed by atoms with Crippen LogP contribution in [0.1, 0.15) is 43.0 Å². The lowest BCUT2D eigenvalue weighted by molar-refractivity contribution is -0.137. The van der Waals surface area contributed by atoms with Gasteiger partial charge in [-0.1, -0.05) is 18.9 Å². The molecule has 1 aromatic heterocycles. The molecule has 3 nitrogen and oxygen atoms in total. The van der Waals surface area contributed by atoms with E-state index in [1.54, 1.807) is 11.3 Å². The molecule has 0 bridgehead atoms. The summed E-state index contributed by atoms with van der Waals surface area (Å²) in [5, 5.41) is 14.4. The van der Waals surface area contributed by atoms with Gasteiger partial charge in [-0.05, 0) is 36.8 Å². The van der Waals surface area contributed by atoms with Crippen LogP contribution in [0.15, 0.2) is 17.5 Å². The van der Waals surface area contributed by atoms with Gasteiger partial charge in [0.2, 0.25) is 0 Å². The summed E-state index contributed by atoms with van der Waals surface area (Å²) in [6.07, 6.45) is 5.41. The molecule has 2 rings (SSSR count). The molecule has 0 aliphatic heterocycles. The minimum absolute atomic E-state index is 0.0203. The van der Waals surface area contributed by atoms with Gasteiger partial charge in [0.15, 0.2) is 0 Å². The maximum atomic E-state index is 10.9. The smallest absolute Gasteiger partial charge is 0.305 e. The molecule has 0 spiro atoms. The second kappa shape index (κ2) is 6.17. The lowest BCUT2D eigenvalue weighted by Gasteiger charge is -2.18. The summed E-state index contributed by atoms with van der Waals surface area (Å²) in [7, 11) is 0. The third-order valence-corrected chi connectivity index (χ3v) is 4.38. The van der Waals surface area contributed by atoms with Crippen molar-refractivity contribution in [2.24, 2.45) is 5.92 Å². The van der Waals surface area contributed by atoms with Crippen molar-refractivity contribution in [1.82, 2.24) is 5.32 Å². The highest BCUT2D eigenvalue weighted by Crippen LogP contribution is 2.26. The maximum Gasteiger partial charge on any atom is 0.305 e. The van der Waals surface area contributed by atoms with Crippen molar-refractivity contribution < 1.29 is 9.90 Å². The minimum atomic E-state index is -0.734. The van der Waals surface area contributed by atoms with E-state index in [9.17, 15) is 4.79 Å². The van der Waals surface area contributed by atoms with Crippen LogP contribution in [-0.4, -0.2) is 17.6 Å². The van der Waals surface area contributed by atoms with Crippen molar-refractivity contribution in [3.05, 3.63) is 22.4 Å². The van der Waals surface area contributed by atoms with E-state index >= 15 is 0 Å². The van der Waals surface area contributed by atoms with E-state index in [1.807, 2.05) is 17.5 Å². The number of nitrogens with one attached hydrogen (secondary N) is 1. The molecule has 17 heavy (non-hydrogen) atoms. The zero-order valence-corrected chi connectivity index (χ0v) is 10.7. The van der Waals surface area contributed by atoms with E-state index in [1.165, 1.54) is 25.7 Å². The summed E-state index contributed by atoms with van der Waals surface area (Å²) in [5.74, 6) is 0.00794. The predicted octanol–water partition coefficient (Wildman–Crippen LogP) is 3.04. The van der Waals surface area contributed by atoms with Crippen molar-refractivity contribution in [2.75, 3.05) is 6.54 Å². The van der Waals surface area contributed by atoms with Crippen molar-refractivity contribution in [1.29, 1.82) is 0 Å². The Bertz CT molecular complexity index is 344. The first kappa shape index (κ1) is 12.6. The van der Waals surface area contributed by atoms with Crippen molar-refractivity contribution in [3.63, 3.8) is 0 Å². The molecule has 2 N–H and O–H groups in total. The van der Waals surface area contributed by atoms with Gasteiger partial charge in [-0.25, -0.2) is 0 Å². The third-order valence-electron chi connectivity index (χ3n) is 3.39. The molecule has 0 amide bonds. The highest BCUT2D eigenvalue weighted by atomic mass is 32.1. The quantitative estimate of drug-likeness (QED) is 0.819. The third kappa shape index (κ3) is 3.82. The van der Waals surface area contributed by atoms with E-state index in [4.69, 9.17) is 5.11 Å². The van der Waals surface area contributed by atoms with E-state index < -0.39 is 5.97 Å². The minimum Gasteiger partial charge on any atom is -0.481 e. The fraction of sp³-hybridized carbons (Fsp3) is 0.615. The fourth-order valence-electron chi connectivity index (χ4n) is 2.46. The summed E-state index contributed by atoms with van der Waals surface area (Å²) in [6, 6.07) is 3.97. The van der Waals surface area contributed by atoms with E-state index in [-0.39, 0.29) is 12.5 Å². The van der Waals surface area contributed by atoms with Crippen LogP contribution in [0.3, 0.4) is 0 Å². The molecule has 0 aromatic carbocycles. The zero-order chi connectivity index (χ0) is 12.1. The largest absolute Gasteiger partial charge is 0.481 e. The standard InChI is InChI=1S/C13H19NO2S/c15-13(16)8-11(12-6-3-7-17-12)14-9-10-4-1-2-5-10/h3,6-7,10-11,14H,1-2,4-5,8-9H2,(H,15,16). The number of carboxylic acids is 1. The van der Waals surface area contributed by atoms with Crippen LogP contribution in [0.2, 0.25) is 0 Å². The number of hydrogen-bond acceptors (Lipinski definition) is 3. The zero-order valence-electron chi connectivity index (χ0n) is 9.89. The van der Waals surface area contributed by atoms with E-state index in [0.717, 1.165) is 17.3 Å². The van der Waals surface area contributed by atoms with E-state index in [0.29, 0.717) is 0 Å². The second-order valence-corrected chi connectivity index (χ2v) is 5.70. The van der Waals surface area contributed by atoms with Gasteiger partial charge < -0.3 is 10.4 Å². The first-order valence-electron chi connectivity index (χ1n) is 6.24. The molecule has 1 saturated carbocycles. The molecule has 1 heterocycles. The summed E-state index contributed by atoms with van der Waals surface area (Å²) in [5.41, 5.74) is 0. The van der Waals surface area contributed by atoms with Crippen molar-refractivity contribution >= 4 is 17.3 Å². The Hall–Kier alpha value is -0.870. The molecular weight excluding hydrogens is 234 g/mol. The van der Waals surface area contributed by atoms with Gasteiger partial charge in [-0.3, -0.25) is 4.79 Å². The van der Waals surface area contributed by atoms with Crippen molar-refractivity contribution in [2.45, 2.75) is 38.1 Å². The number of hydrogen-bond donors (Lipinski definition) is 2. The number of rotatable bonds is 6. The summed E-state index contributed by atoms with van der Waals surface area (Å²) >= 11 is 1.63. The second-order valence-electron chi connectivity index (χ2n) is 4.72. The monoisotopic (exact) mass is 253 g/mol. The first-order valence-corrected chi connectivity index (χ1v) is 7.12. The molecular formula is C13H19NO2S. The molecule has 0 saturated heterocycles. The van der Waals surface area contributed by atoms with Gasteiger partial charge in [-0.2, -0.15) is 0 Å². The molecule has 1 fully saturated rings. The number of thiophene rings is 1. The van der Waals surface area contributed by atoms with Gasteiger partial charge in [0, 0.05) is 4.88 Å². The molecule has 4 heteroatoms. The first-order chi connectivity index (χ1) is 8.25. The number of carboxylic acid groups (broad SMARTS) is 1. The van der Waals surface area contributed by atoms with Gasteiger partial charge >= 0.3 is 5.97 Å². The van der Waals surface area contributed by atoms with E-state index in [2.05, 4.69) is 5.32 Å². The molecule has 1 aliphatic carbocycles. The predicted molar refractivity (Wildman–Crippen MR) is 69.3 cm³/mol. The summed E-state index contributed by atoms with van der Waals surface area (Å²) < 4.78 is 0. The molecule has 1 aliphatic rings. The summed E-state index contributed by atoms with van der Waals surface area (Å²) in [4.78, 5) is 12.0. The molecule has 1 atom stereocenters. The SMILES string of the molecule is O=C(O)CC(NCC1CCCC1)c1cccs1. The lowest BCUT2D eigenvalue weighted by Crippen LogP contribution is -2.27. The fourth-order valence-corrected chi connectivity index (χ4v) is 3.26. The molecule has 1 unspecified atom stereocenters. The maximum absolute atomic E-state index is 10.9. The Balaban J connectivity index is 1.88. The molecule has 0 radical (unpaired) electrons. The highest BCUT2D eigenvalue weighted by molar-refractivity contribution is 7.10. The average molecular weight is 253 g/mol. The Morgan fingerprint density at radius 3 is 2.88 bits per heavy atom. The highest BCUT2D eigenvalue weighted by Gasteiger charge is 2.20. The van der Waals surface area contributed by atoms with Gasteiger partial charge in [0.25, 0.3) is 0 Å². The molecule has 94 valence electrons. The summed E-state index contributed by atoms with van der Waals surface area (Å²) in [6.45, 7) is 0.954.